The number of piperidine rings is 1. The second kappa shape index (κ2) is 10.3. The van der Waals surface area contributed by atoms with Crippen LogP contribution in [0.5, 0.6) is 0 Å². The highest BCUT2D eigenvalue weighted by Gasteiger charge is 2.26. The first-order valence-corrected chi connectivity index (χ1v) is 12.5. The van der Waals surface area contributed by atoms with Crippen LogP contribution in [0.3, 0.4) is 0 Å². The summed E-state index contributed by atoms with van der Waals surface area (Å²) in [6.07, 6.45) is 1.78. The van der Waals surface area contributed by atoms with Crippen molar-refractivity contribution in [2.24, 2.45) is 0 Å². The van der Waals surface area contributed by atoms with Crippen molar-refractivity contribution in [2.45, 2.75) is 45.3 Å². The molecule has 0 spiro atoms. The summed E-state index contributed by atoms with van der Waals surface area (Å²) in [7, 11) is 3.33. The van der Waals surface area contributed by atoms with Gasteiger partial charge in [-0.05, 0) is 38.8 Å². The summed E-state index contributed by atoms with van der Waals surface area (Å²) in [6, 6.07) is 7.58. The molecule has 0 bridgehead atoms. The molecule has 182 valence electrons. The average Bonchev–Trinajstić information content (AvgIpc) is 3.54. The summed E-state index contributed by atoms with van der Waals surface area (Å²) in [5, 5.41) is 11.6. The van der Waals surface area contributed by atoms with E-state index >= 15 is 0 Å². The molecule has 1 N–H and O–H groups in total. The lowest BCUT2D eigenvalue weighted by molar-refractivity contribution is 0.0815. The molecule has 2 amide bonds. The topological polar surface area (TPSA) is 96.5 Å². The van der Waals surface area contributed by atoms with E-state index in [0.29, 0.717) is 27.5 Å². The number of hydrogen-bond acceptors (Lipinski definition) is 7. The Morgan fingerprint density at radius 2 is 2.00 bits per heavy atom. The molecule has 3 aromatic rings. The number of amides is 2. The molecule has 0 radical (unpaired) electrons. The average molecular weight is 505 g/mol. The minimum Gasteiger partial charge on any atom is -0.355 e. The van der Waals surface area contributed by atoms with Gasteiger partial charge in [-0.15, -0.1) is 11.3 Å². The van der Waals surface area contributed by atoms with Crippen molar-refractivity contribution in [3.63, 3.8) is 0 Å². The molecular weight excluding hydrogens is 476 g/mol. The van der Waals surface area contributed by atoms with E-state index in [0.717, 1.165) is 30.8 Å². The number of carbonyl (C=O) groups is 2. The quantitative estimate of drug-likeness (QED) is 0.528. The van der Waals surface area contributed by atoms with Crippen molar-refractivity contribution in [2.75, 3.05) is 27.2 Å². The van der Waals surface area contributed by atoms with Gasteiger partial charge in [-0.1, -0.05) is 16.8 Å². The third-order valence-electron chi connectivity index (χ3n) is 5.92. The maximum Gasteiger partial charge on any atom is 0.272 e. The van der Waals surface area contributed by atoms with E-state index < -0.39 is 0 Å². The zero-order valence-electron chi connectivity index (χ0n) is 19.7. The van der Waals surface area contributed by atoms with Gasteiger partial charge in [-0.25, -0.2) is 0 Å². The Morgan fingerprint density at radius 1 is 1.26 bits per heavy atom. The van der Waals surface area contributed by atoms with E-state index in [4.69, 9.17) is 16.1 Å². The Kier molecular flexibility index (Phi) is 7.39. The van der Waals surface area contributed by atoms with Crippen LogP contribution in [0.25, 0.3) is 10.6 Å². The zero-order chi connectivity index (χ0) is 24.4. The van der Waals surface area contributed by atoms with Gasteiger partial charge in [-0.2, -0.15) is 5.10 Å². The number of nitrogens with zero attached hydrogens (tertiary/aromatic N) is 5. The van der Waals surface area contributed by atoms with Crippen LogP contribution >= 0.6 is 22.9 Å². The van der Waals surface area contributed by atoms with Crippen molar-refractivity contribution < 1.29 is 14.1 Å². The lowest BCUT2D eigenvalue weighted by Crippen LogP contribution is -2.46. The summed E-state index contributed by atoms with van der Waals surface area (Å²) in [6.45, 7) is 6.46. The molecule has 1 aliphatic heterocycles. The van der Waals surface area contributed by atoms with Crippen molar-refractivity contribution >= 4 is 34.8 Å². The molecular formula is C23H29ClN6O3S. The van der Waals surface area contributed by atoms with Crippen molar-refractivity contribution in [3.05, 3.63) is 45.7 Å². The molecule has 0 atom stereocenters. The highest BCUT2D eigenvalue weighted by Crippen LogP contribution is 2.31. The molecule has 4 rings (SSSR count). The first-order valence-electron chi connectivity index (χ1n) is 11.3. The standard InChI is InChI=1S/C23H29ClN6O3S/c1-14(2)29-9-7-15(8-10-29)25-22(31)17-12-18(23(32)28(3)4)30(26-17)13-16-11-19(33-27-16)20-5-6-21(24)34-20/h5-6,11-12,14-15H,7-10,13H2,1-4H3,(H,25,31). The molecule has 1 aliphatic rings. The van der Waals surface area contributed by atoms with Gasteiger partial charge >= 0.3 is 0 Å². The van der Waals surface area contributed by atoms with Crippen LogP contribution in [0, 0.1) is 0 Å². The lowest BCUT2D eigenvalue weighted by atomic mass is 10.0. The van der Waals surface area contributed by atoms with Gasteiger partial charge in [0.2, 0.25) is 0 Å². The number of likely N-dealkylation sites (tertiary alicyclic amines) is 1. The normalized spacial score (nSPS) is 15.1. The number of rotatable bonds is 7. The minimum absolute atomic E-state index is 0.0939. The van der Waals surface area contributed by atoms with E-state index in [1.165, 1.54) is 20.9 Å². The predicted octanol–water partition coefficient (Wildman–Crippen LogP) is 3.61. The minimum atomic E-state index is -0.274. The third-order valence-corrected chi connectivity index (χ3v) is 7.17. The molecule has 0 unspecified atom stereocenters. The number of hydrogen-bond donors (Lipinski definition) is 1. The smallest absolute Gasteiger partial charge is 0.272 e. The van der Waals surface area contributed by atoms with Gasteiger partial charge < -0.3 is 19.6 Å². The van der Waals surface area contributed by atoms with Crippen LogP contribution in [-0.2, 0) is 6.54 Å². The van der Waals surface area contributed by atoms with Crippen LogP contribution in [0.2, 0.25) is 4.34 Å². The second-order valence-electron chi connectivity index (χ2n) is 8.94. The molecule has 9 nitrogen and oxygen atoms in total. The molecule has 3 aromatic heterocycles. The first kappa shape index (κ1) is 24.4. The van der Waals surface area contributed by atoms with Gasteiger partial charge in [0.05, 0.1) is 15.8 Å². The Bertz CT molecular complexity index is 1160. The van der Waals surface area contributed by atoms with E-state index in [1.54, 1.807) is 32.3 Å². The Hall–Kier alpha value is -2.69. The first-order chi connectivity index (χ1) is 16.2. The van der Waals surface area contributed by atoms with Gasteiger partial charge in [-0.3, -0.25) is 14.3 Å². The Labute approximate surface area is 207 Å². The molecule has 11 heteroatoms. The SMILES string of the molecule is CC(C)N1CCC(NC(=O)c2cc(C(=O)N(C)C)n(Cc3cc(-c4ccc(Cl)s4)on3)n2)CC1. The fourth-order valence-electron chi connectivity index (χ4n) is 3.97. The van der Waals surface area contributed by atoms with Gasteiger partial charge in [0.1, 0.15) is 11.4 Å². The van der Waals surface area contributed by atoms with Crippen molar-refractivity contribution in [1.29, 1.82) is 0 Å². The number of nitrogens with one attached hydrogen (secondary N) is 1. The largest absolute Gasteiger partial charge is 0.355 e. The number of carbonyl (C=O) groups excluding carboxylic acids is 2. The Morgan fingerprint density at radius 3 is 2.62 bits per heavy atom. The van der Waals surface area contributed by atoms with Gasteiger partial charge in [0, 0.05) is 51.4 Å². The van der Waals surface area contributed by atoms with Crippen molar-refractivity contribution in [1.82, 2.24) is 30.1 Å². The summed E-state index contributed by atoms with van der Waals surface area (Å²) >= 11 is 7.41. The fourth-order valence-corrected chi connectivity index (χ4v) is 4.96. The molecule has 34 heavy (non-hydrogen) atoms. The summed E-state index contributed by atoms with van der Waals surface area (Å²) in [4.78, 5) is 30.5. The second-order valence-corrected chi connectivity index (χ2v) is 10.7. The maximum absolute atomic E-state index is 13.0. The summed E-state index contributed by atoms with van der Waals surface area (Å²) < 4.78 is 7.60. The number of halogens is 1. The van der Waals surface area contributed by atoms with Crippen molar-refractivity contribution in [3.8, 4) is 10.6 Å². The number of aromatic nitrogens is 3. The van der Waals surface area contributed by atoms with E-state index in [2.05, 4.69) is 34.3 Å². The van der Waals surface area contributed by atoms with E-state index in [-0.39, 0.29) is 30.1 Å². The molecule has 0 aliphatic carbocycles. The summed E-state index contributed by atoms with van der Waals surface area (Å²) in [5.74, 6) is 0.0689. The highest BCUT2D eigenvalue weighted by molar-refractivity contribution is 7.19. The monoisotopic (exact) mass is 504 g/mol. The molecule has 4 heterocycles. The van der Waals surface area contributed by atoms with E-state index in [9.17, 15) is 9.59 Å². The maximum atomic E-state index is 13.0. The molecule has 0 aromatic carbocycles. The van der Waals surface area contributed by atoms with Crippen LogP contribution in [0.4, 0.5) is 0 Å². The van der Waals surface area contributed by atoms with Crippen LogP contribution in [0.15, 0.2) is 28.8 Å². The Balaban J connectivity index is 1.50. The zero-order valence-corrected chi connectivity index (χ0v) is 21.3. The molecule has 0 saturated carbocycles. The predicted molar refractivity (Wildman–Crippen MR) is 131 cm³/mol. The van der Waals surface area contributed by atoms with Crippen LogP contribution in [0.1, 0.15) is 53.4 Å². The van der Waals surface area contributed by atoms with Crippen LogP contribution < -0.4 is 5.32 Å². The highest BCUT2D eigenvalue weighted by atomic mass is 35.5. The lowest BCUT2D eigenvalue weighted by Gasteiger charge is -2.34. The van der Waals surface area contributed by atoms with E-state index in [1.807, 2.05) is 6.07 Å². The fraction of sp³-hybridized carbons (Fsp3) is 0.478. The third kappa shape index (κ3) is 5.51. The van der Waals surface area contributed by atoms with Gasteiger partial charge in [0.25, 0.3) is 11.8 Å². The van der Waals surface area contributed by atoms with Crippen LogP contribution in [-0.4, -0.2) is 75.8 Å². The number of thiophene rings is 1. The van der Waals surface area contributed by atoms with Gasteiger partial charge in [0.15, 0.2) is 11.5 Å². The summed E-state index contributed by atoms with van der Waals surface area (Å²) in [5.41, 5.74) is 1.11. The molecule has 1 saturated heterocycles. The molecule has 1 fully saturated rings.